The van der Waals surface area contributed by atoms with Crippen LogP contribution in [-0.2, 0) is 11.3 Å². The molecule has 0 bridgehead atoms. The maximum Gasteiger partial charge on any atom is 0.234 e. The molecule has 20 heavy (non-hydrogen) atoms. The molecule has 0 saturated carbocycles. The Kier molecular flexibility index (Phi) is 5.60. The molecule has 1 aliphatic rings. The SMILES string of the molecule is NC(=O)C1CCCCN1Cc1ccc(C#CCCO)s1. The van der Waals surface area contributed by atoms with Gasteiger partial charge in [-0.1, -0.05) is 18.3 Å². The molecule has 1 saturated heterocycles. The molecular weight excluding hydrogens is 272 g/mol. The molecule has 108 valence electrons. The van der Waals surface area contributed by atoms with E-state index in [2.05, 4.69) is 22.8 Å². The average Bonchev–Trinajstić information content (AvgIpc) is 2.87. The predicted octanol–water partition coefficient (Wildman–Crippen LogP) is 1.32. The summed E-state index contributed by atoms with van der Waals surface area (Å²) >= 11 is 1.64. The number of carbonyl (C=O) groups is 1. The van der Waals surface area contributed by atoms with E-state index < -0.39 is 0 Å². The summed E-state index contributed by atoms with van der Waals surface area (Å²) in [7, 11) is 0. The Balaban J connectivity index is 1.99. The third-order valence-electron chi connectivity index (χ3n) is 3.41. The first-order valence-corrected chi connectivity index (χ1v) is 7.74. The molecule has 1 aromatic heterocycles. The zero-order valence-corrected chi connectivity index (χ0v) is 12.3. The van der Waals surface area contributed by atoms with Gasteiger partial charge in [0.25, 0.3) is 0 Å². The molecular formula is C15H20N2O2S. The number of nitrogens with two attached hydrogens (primary N) is 1. The first kappa shape index (κ1) is 15.0. The van der Waals surface area contributed by atoms with Crippen LogP contribution in [0.15, 0.2) is 12.1 Å². The van der Waals surface area contributed by atoms with Crippen molar-refractivity contribution < 1.29 is 9.90 Å². The van der Waals surface area contributed by atoms with Gasteiger partial charge in [-0.3, -0.25) is 9.69 Å². The van der Waals surface area contributed by atoms with E-state index in [1.54, 1.807) is 11.3 Å². The van der Waals surface area contributed by atoms with Gasteiger partial charge >= 0.3 is 0 Å². The van der Waals surface area contributed by atoms with Gasteiger partial charge in [0.15, 0.2) is 0 Å². The van der Waals surface area contributed by atoms with Crippen molar-refractivity contribution in [3.63, 3.8) is 0 Å². The molecule has 3 N–H and O–H groups in total. The van der Waals surface area contributed by atoms with Crippen LogP contribution in [0.25, 0.3) is 0 Å². The normalized spacial score (nSPS) is 19.4. The first-order valence-electron chi connectivity index (χ1n) is 6.92. The number of primary amides is 1. The van der Waals surface area contributed by atoms with Crippen molar-refractivity contribution in [2.75, 3.05) is 13.2 Å². The van der Waals surface area contributed by atoms with E-state index in [9.17, 15) is 4.79 Å². The summed E-state index contributed by atoms with van der Waals surface area (Å²) in [5.74, 6) is 5.74. The molecule has 2 rings (SSSR count). The van der Waals surface area contributed by atoms with Gasteiger partial charge in [0.2, 0.25) is 5.91 Å². The number of nitrogens with zero attached hydrogens (tertiary/aromatic N) is 1. The summed E-state index contributed by atoms with van der Waals surface area (Å²) in [4.78, 5) is 15.8. The van der Waals surface area contributed by atoms with Crippen LogP contribution in [0.2, 0.25) is 0 Å². The number of carbonyl (C=O) groups excluding carboxylic acids is 1. The number of likely N-dealkylation sites (tertiary alicyclic amines) is 1. The molecule has 1 aromatic rings. The van der Waals surface area contributed by atoms with E-state index in [0.29, 0.717) is 6.42 Å². The van der Waals surface area contributed by atoms with Crippen molar-refractivity contribution in [1.29, 1.82) is 0 Å². The Bertz CT molecular complexity index is 515. The third kappa shape index (κ3) is 4.07. The minimum atomic E-state index is -0.218. The summed E-state index contributed by atoms with van der Waals surface area (Å²) in [6.07, 6.45) is 3.57. The van der Waals surface area contributed by atoms with E-state index in [1.807, 2.05) is 6.07 Å². The highest BCUT2D eigenvalue weighted by Gasteiger charge is 2.26. The quantitative estimate of drug-likeness (QED) is 0.823. The number of aliphatic hydroxyl groups excluding tert-OH is 1. The van der Waals surface area contributed by atoms with Crippen molar-refractivity contribution in [3.8, 4) is 11.8 Å². The standard InChI is InChI=1S/C15H20N2O2S/c16-15(19)14-6-1-3-9-17(14)11-13-8-7-12(20-13)5-2-4-10-18/h7-8,14,18H,1,3-4,6,9-11H2,(H2,16,19). The molecule has 1 atom stereocenters. The summed E-state index contributed by atoms with van der Waals surface area (Å²) in [6, 6.07) is 3.92. The van der Waals surface area contributed by atoms with Gasteiger partial charge in [0.1, 0.15) is 0 Å². The number of thiophene rings is 1. The highest BCUT2D eigenvalue weighted by atomic mass is 32.1. The monoisotopic (exact) mass is 292 g/mol. The average molecular weight is 292 g/mol. The van der Waals surface area contributed by atoms with Crippen molar-refractivity contribution in [1.82, 2.24) is 4.90 Å². The maximum absolute atomic E-state index is 11.5. The fourth-order valence-electron chi connectivity index (χ4n) is 2.44. The van der Waals surface area contributed by atoms with Crippen molar-refractivity contribution in [2.45, 2.75) is 38.3 Å². The van der Waals surface area contributed by atoms with Crippen LogP contribution < -0.4 is 5.73 Å². The molecule has 1 aliphatic heterocycles. The first-order chi connectivity index (χ1) is 9.70. The zero-order valence-electron chi connectivity index (χ0n) is 11.5. The van der Waals surface area contributed by atoms with Crippen molar-refractivity contribution in [3.05, 3.63) is 21.9 Å². The fourth-order valence-corrected chi connectivity index (χ4v) is 3.35. The van der Waals surface area contributed by atoms with E-state index in [0.717, 1.165) is 37.2 Å². The lowest BCUT2D eigenvalue weighted by Gasteiger charge is -2.33. The fraction of sp³-hybridized carbons (Fsp3) is 0.533. The summed E-state index contributed by atoms with van der Waals surface area (Å²) in [6.45, 7) is 1.79. The van der Waals surface area contributed by atoms with Gasteiger partial charge in [0, 0.05) is 17.8 Å². The van der Waals surface area contributed by atoms with Gasteiger partial charge < -0.3 is 10.8 Å². The molecule has 2 heterocycles. The smallest absolute Gasteiger partial charge is 0.234 e. The number of amides is 1. The number of hydrogen-bond donors (Lipinski definition) is 2. The lowest BCUT2D eigenvalue weighted by molar-refractivity contribution is -0.124. The largest absolute Gasteiger partial charge is 0.395 e. The highest BCUT2D eigenvalue weighted by Crippen LogP contribution is 2.23. The Morgan fingerprint density at radius 1 is 1.50 bits per heavy atom. The van der Waals surface area contributed by atoms with Crippen LogP contribution in [0.3, 0.4) is 0 Å². The number of rotatable bonds is 4. The Hall–Kier alpha value is -1.35. The maximum atomic E-state index is 11.5. The van der Waals surface area contributed by atoms with Crippen LogP contribution in [0.4, 0.5) is 0 Å². The summed E-state index contributed by atoms with van der Waals surface area (Å²) < 4.78 is 0. The molecule has 0 radical (unpaired) electrons. The van der Waals surface area contributed by atoms with Gasteiger partial charge in [-0.15, -0.1) is 11.3 Å². The molecule has 0 spiro atoms. The number of hydrogen-bond acceptors (Lipinski definition) is 4. The van der Waals surface area contributed by atoms with Crippen LogP contribution in [-0.4, -0.2) is 35.1 Å². The van der Waals surface area contributed by atoms with Gasteiger partial charge in [0.05, 0.1) is 17.5 Å². The molecule has 5 heteroatoms. The second-order valence-corrected chi connectivity index (χ2v) is 6.09. The summed E-state index contributed by atoms with van der Waals surface area (Å²) in [5.41, 5.74) is 5.47. The van der Waals surface area contributed by atoms with Crippen molar-refractivity contribution in [2.24, 2.45) is 5.73 Å². The topological polar surface area (TPSA) is 66.6 Å². The van der Waals surface area contributed by atoms with E-state index in [4.69, 9.17) is 10.8 Å². The number of piperidine rings is 1. The zero-order chi connectivity index (χ0) is 14.4. The molecule has 1 amide bonds. The molecule has 4 nitrogen and oxygen atoms in total. The second-order valence-electron chi connectivity index (χ2n) is 4.93. The highest BCUT2D eigenvalue weighted by molar-refractivity contribution is 7.12. The molecule has 1 unspecified atom stereocenters. The van der Waals surface area contributed by atoms with Crippen molar-refractivity contribution >= 4 is 17.2 Å². The summed E-state index contributed by atoms with van der Waals surface area (Å²) in [5, 5.41) is 8.70. The van der Waals surface area contributed by atoms with Crippen LogP contribution in [0.1, 0.15) is 35.4 Å². The minimum absolute atomic E-state index is 0.0965. The minimum Gasteiger partial charge on any atom is -0.395 e. The lowest BCUT2D eigenvalue weighted by atomic mass is 10.0. The Labute approximate surface area is 123 Å². The van der Waals surface area contributed by atoms with Crippen LogP contribution >= 0.6 is 11.3 Å². The van der Waals surface area contributed by atoms with Crippen LogP contribution in [0, 0.1) is 11.8 Å². The molecule has 0 aromatic carbocycles. The molecule has 0 aliphatic carbocycles. The van der Waals surface area contributed by atoms with E-state index >= 15 is 0 Å². The van der Waals surface area contributed by atoms with Crippen LogP contribution in [0.5, 0.6) is 0 Å². The second kappa shape index (κ2) is 7.44. The predicted molar refractivity (Wildman–Crippen MR) is 80.1 cm³/mol. The van der Waals surface area contributed by atoms with E-state index in [1.165, 1.54) is 4.88 Å². The number of aliphatic hydroxyl groups is 1. The van der Waals surface area contributed by atoms with Gasteiger partial charge in [-0.05, 0) is 31.5 Å². The van der Waals surface area contributed by atoms with E-state index in [-0.39, 0.29) is 18.6 Å². The third-order valence-corrected chi connectivity index (χ3v) is 4.40. The van der Waals surface area contributed by atoms with Gasteiger partial charge in [-0.25, -0.2) is 0 Å². The Morgan fingerprint density at radius 3 is 3.10 bits per heavy atom. The molecule has 1 fully saturated rings. The lowest BCUT2D eigenvalue weighted by Crippen LogP contribution is -2.46. The Morgan fingerprint density at radius 2 is 2.35 bits per heavy atom. The van der Waals surface area contributed by atoms with Gasteiger partial charge in [-0.2, -0.15) is 0 Å².